The second-order valence-electron chi connectivity index (χ2n) is 4.95. The first-order valence-electron chi connectivity index (χ1n) is 6.87. The zero-order valence-corrected chi connectivity index (χ0v) is 11.9. The van der Waals surface area contributed by atoms with Crippen molar-refractivity contribution in [3.63, 3.8) is 0 Å². The van der Waals surface area contributed by atoms with Gasteiger partial charge in [-0.05, 0) is 12.5 Å². The summed E-state index contributed by atoms with van der Waals surface area (Å²) in [5.41, 5.74) is 5.62. The average Bonchev–Trinajstić information content (AvgIpc) is 2.45. The predicted octanol–water partition coefficient (Wildman–Crippen LogP) is -0.321. The van der Waals surface area contributed by atoms with Crippen LogP contribution in [0.25, 0.3) is 0 Å². The van der Waals surface area contributed by atoms with Gasteiger partial charge < -0.3 is 15.4 Å². The van der Waals surface area contributed by atoms with Gasteiger partial charge in [-0.3, -0.25) is 14.5 Å². The lowest BCUT2D eigenvalue weighted by Gasteiger charge is -2.34. The standard InChI is InChI=1S/C13H25N3O3/c1-3-11(9-14)8-12(17)16-6-4-15(5-7-16)10-13(18)19-2/h11H,3-10,14H2,1-2H3. The van der Waals surface area contributed by atoms with Crippen LogP contribution < -0.4 is 5.73 Å². The first-order valence-corrected chi connectivity index (χ1v) is 6.87. The maximum atomic E-state index is 12.1. The summed E-state index contributed by atoms with van der Waals surface area (Å²) < 4.78 is 4.63. The van der Waals surface area contributed by atoms with Gasteiger partial charge in [-0.15, -0.1) is 0 Å². The van der Waals surface area contributed by atoms with Crippen molar-refractivity contribution in [2.45, 2.75) is 19.8 Å². The van der Waals surface area contributed by atoms with Crippen LogP contribution in [-0.2, 0) is 14.3 Å². The van der Waals surface area contributed by atoms with Gasteiger partial charge in [0.1, 0.15) is 0 Å². The predicted molar refractivity (Wildman–Crippen MR) is 72.5 cm³/mol. The van der Waals surface area contributed by atoms with Gasteiger partial charge in [0.05, 0.1) is 13.7 Å². The molecule has 6 nitrogen and oxygen atoms in total. The van der Waals surface area contributed by atoms with Gasteiger partial charge in [0.15, 0.2) is 0 Å². The molecule has 1 atom stereocenters. The molecule has 1 heterocycles. The number of esters is 1. The van der Waals surface area contributed by atoms with Gasteiger partial charge in [-0.2, -0.15) is 0 Å². The van der Waals surface area contributed by atoms with Crippen LogP contribution in [0, 0.1) is 5.92 Å². The molecule has 1 aliphatic heterocycles. The van der Waals surface area contributed by atoms with Crippen LogP contribution in [0.1, 0.15) is 19.8 Å². The van der Waals surface area contributed by atoms with Gasteiger partial charge in [-0.1, -0.05) is 13.3 Å². The normalized spacial score (nSPS) is 18.2. The monoisotopic (exact) mass is 271 g/mol. The number of rotatable bonds is 6. The molecule has 6 heteroatoms. The van der Waals surface area contributed by atoms with Crippen molar-refractivity contribution in [3.05, 3.63) is 0 Å². The van der Waals surface area contributed by atoms with Crippen molar-refractivity contribution in [2.24, 2.45) is 11.7 Å². The van der Waals surface area contributed by atoms with Gasteiger partial charge in [0.2, 0.25) is 5.91 Å². The van der Waals surface area contributed by atoms with E-state index in [-0.39, 0.29) is 17.8 Å². The minimum Gasteiger partial charge on any atom is -0.468 e. The van der Waals surface area contributed by atoms with Crippen LogP contribution in [0.2, 0.25) is 0 Å². The number of nitrogens with two attached hydrogens (primary N) is 1. The molecule has 0 saturated carbocycles. The fourth-order valence-electron chi connectivity index (χ4n) is 2.17. The Morgan fingerprint density at radius 2 is 1.89 bits per heavy atom. The molecular weight excluding hydrogens is 246 g/mol. The summed E-state index contributed by atoms with van der Waals surface area (Å²) in [6.07, 6.45) is 1.47. The third-order valence-electron chi connectivity index (χ3n) is 3.68. The van der Waals surface area contributed by atoms with E-state index in [1.165, 1.54) is 7.11 Å². The Labute approximate surface area is 114 Å². The maximum Gasteiger partial charge on any atom is 0.319 e. The Hall–Kier alpha value is -1.14. The number of carbonyl (C=O) groups is 2. The Kier molecular flexibility index (Phi) is 6.80. The van der Waals surface area contributed by atoms with E-state index in [0.717, 1.165) is 19.5 Å². The van der Waals surface area contributed by atoms with Crippen LogP contribution in [0.5, 0.6) is 0 Å². The molecule has 1 saturated heterocycles. The van der Waals surface area contributed by atoms with Crippen LogP contribution in [0.3, 0.4) is 0 Å². The number of hydrogen-bond donors (Lipinski definition) is 1. The molecule has 0 aromatic rings. The zero-order chi connectivity index (χ0) is 14.3. The fourth-order valence-corrected chi connectivity index (χ4v) is 2.17. The third kappa shape index (κ3) is 5.16. The Morgan fingerprint density at radius 3 is 2.37 bits per heavy atom. The van der Waals surface area contributed by atoms with E-state index in [2.05, 4.69) is 11.7 Å². The van der Waals surface area contributed by atoms with E-state index < -0.39 is 0 Å². The largest absolute Gasteiger partial charge is 0.468 e. The highest BCUT2D eigenvalue weighted by Gasteiger charge is 2.23. The molecule has 1 rings (SSSR count). The van der Waals surface area contributed by atoms with Crippen molar-refractivity contribution < 1.29 is 14.3 Å². The van der Waals surface area contributed by atoms with Crippen LogP contribution in [0.15, 0.2) is 0 Å². The van der Waals surface area contributed by atoms with Gasteiger partial charge in [0.25, 0.3) is 0 Å². The summed E-state index contributed by atoms with van der Waals surface area (Å²) in [5.74, 6) is 0.226. The minimum atomic E-state index is -0.228. The highest BCUT2D eigenvalue weighted by Crippen LogP contribution is 2.11. The molecule has 1 unspecified atom stereocenters. The zero-order valence-electron chi connectivity index (χ0n) is 11.9. The van der Waals surface area contributed by atoms with E-state index in [4.69, 9.17) is 5.73 Å². The SMILES string of the molecule is CCC(CN)CC(=O)N1CCN(CC(=O)OC)CC1. The molecule has 19 heavy (non-hydrogen) atoms. The molecule has 1 aliphatic rings. The van der Waals surface area contributed by atoms with Crippen molar-refractivity contribution in [1.82, 2.24) is 9.80 Å². The Bertz CT molecular complexity index is 298. The van der Waals surface area contributed by atoms with E-state index >= 15 is 0 Å². The number of piperazine rings is 1. The summed E-state index contributed by atoms with van der Waals surface area (Å²) >= 11 is 0. The second-order valence-corrected chi connectivity index (χ2v) is 4.95. The Morgan fingerprint density at radius 1 is 1.26 bits per heavy atom. The van der Waals surface area contributed by atoms with E-state index in [1.54, 1.807) is 0 Å². The smallest absolute Gasteiger partial charge is 0.319 e. The summed E-state index contributed by atoms with van der Waals surface area (Å²) in [6, 6.07) is 0. The van der Waals surface area contributed by atoms with E-state index in [0.29, 0.717) is 32.6 Å². The molecule has 1 fully saturated rings. The molecule has 0 spiro atoms. The van der Waals surface area contributed by atoms with E-state index in [1.807, 2.05) is 9.80 Å². The maximum absolute atomic E-state index is 12.1. The lowest BCUT2D eigenvalue weighted by molar-refractivity contribution is -0.142. The highest BCUT2D eigenvalue weighted by atomic mass is 16.5. The molecule has 0 bridgehead atoms. The van der Waals surface area contributed by atoms with Gasteiger partial charge in [0, 0.05) is 32.6 Å². The summed E-state index contributed by atoms with van der Waals surface area (Å²) in [5, 5.41) is 0. The lowest BCUT2D eigenvalue weighted by atomic mass is 10.0. The van der Waals surface area contributed by atoms with Crippen molar-refractivity contribution in [1.29, 1.82) is 0 Å². The van der Waals surface area contributed by atoms with Gasteiger partial charge in [-0.25, -0.2) is 0 Å². The van der Waals surface area contributed by atoms with Crippen molar-refractivity contribution >= 4 is 11.9 Å². The number of methoxy groups -OCH3 is 1. The van der Waals surface area contributed by atoms with Crippen LogP contribution >= 0.6 is 0 Å². The molecule has 0 aliphatic carbocycles. The summed E-state index contributed by atoms with van der Waals surface area (Å²) in [6.45, 7) is 5.72. The number of carbonyl (C=O) groups excluding carboxylic acids is 2. The quantitative estimate of drug-likeness (QED) is 0.670. The van der Waals surface area contributed by atoms with Gasteiger partial charge >= 0.3 is 5.97 Å². The molecule has 110 valence electrons. The number of ether oxygens (including phenoxy) is 1. The molecular formula is C13H25N3O3. The van der Waals surface area contributed by atoms with Crippen LogP contribution in [-0.4, -0.2) is 68.1 Å². The second kappa shape index (κ2) is 8.12. The first kappa shape index (κ1) is 15.9. The first-order chi connectivity index (χ1) is 9.10. The Balaban J connectivity index is 2.32. The van der Waals surface area contributed by atoms with Crippen LogP contribution in [0.4, 0.5) is 0 Å². The molecule has 1 amide bonds. The fraction of sp³-hybridized carbons (Fsp3) is 0.846. The van der Waals surface area contributed by atoms with Crippen molar-refractivity contribution in [3.8, 4) is 0 Å². The highest BCUT2D eigenvalue weighted by molar-refractivity contribution is 5.76. The minimum absolute atomic E-state index is 0.176. The molecule has 0 radical (unpaired) electrons. The molecule has 0 aromatic carbocycles. The molecule has 0 aromatic heterocycles. The number of hydrogen-bond acceptors (Lipinski definition) is 5. The number of nitrogens with zero attached hydrogens (tertiary/aromatic N) is 2. The average molecular weight is 271 g/mol. The lowest BCUT2D eigenvalue weighted by Crippen LogP contribution is -2.50. The van der Waals surface area contributed by atoms with Crippen molar-refractivity contribution in [2.75, 3.05) is 46.4 Å². The molecule has 2 N–H and O–H groups in total. The van der Waals surface area contributed by atoms with E-state index in [9.17, 15) is 9.59 Å². The topological polar surface area (TPSA) is 75.9 Å². The third-order valence-corrected chi connectivity index (χ3v) is 3.68. The summed E-state index contributed by atoms with van der Waals surface area (Å²) in [7, 11) is 1.39. The summed E-state index contributed by atoms with van der Waals surface area (Å²) in [4.78, 5) is 27.1. The number of amides is 1.